The molecule has 1 unspecified atom stereocenters. The maximum Gasteiger partial charge on any atom is 0.326 e. The van der Waals surface area contributed by atoms with E-state index in [1.54, 1.807) is 0 Å². The number of amides is 1. The minimum absolute atomic E-state index is 0.0477. The molecule has 7 nitrogen and oxygen atoms in total. The minimum Gasteiger partial charge on any atom is -0.480 e. The van der Waals surface area contributed by atoms with Crippen LogP contribution >= 0.6 is 0 Å². The fourth-order valence-electron chi connectivity index (χ4n) is 1.72. The second kappa shape index (κ2) is 6.17. The van der Waals surface area contributed by atoms with E-state index in [9.17, 15) is 9.59 Å². The number of carboxylic acid groups (broad SMARTS) is 1. The number of carboxylic acids is 1. The Kier molecular flexibility index (Phi) is 4.32. The summed E-state index contributed by atoms with van der Waals surface area (Å²) in [5.74, 6) is -0.860. The molecule has 0 spiro atoms. The van der Waals surface area contributed by atoms with Gasteiger partial charge in [0.2, 0.25) is 5.91 Å². The number of aromatic nitrogens is 3. The quantitative estimate of drug-likeness (QED) is 0.882. The van der Waals surface area contributed by atoms with E-state index in [1.165, 1.54) is 29.9 Å². The van der Waals surface area contributed by atoms with E-state index in [2.05, 4.69) is 10.1 Å². The van der Waals surface area contributed by atoms with Gasteiger partial charge in [-0.1, -0.05) is 30.3 Å². The molecule has 1 amide bonds. The fraction of sp³-hybridized carbons (Fsp3) is 0.286. The SMILES string of the molecule is CC(C(=O)O)N(C)C(=O)Cn1cnc(-c2ccccc2)n1. The molecule has 0 saturated heterocycles. The lowest BCUT2D eigenvalue weighted by Gasteiger charge is -2.21. The van der Waals surface area contributed by atoms with Gasteiger partial charge in [0.25, 0.3) is 0 Å². The molecule has 1 aromatic carbocycles. The van der Waals surface area contributed by atoms with Gasteiger partial charge in [-0.2, -0.15) is 5.10 Å². The molecule has 7 heteroatoms. The third-order valence-corrected chi connectivity index (χ3v) is 3.20. The van der Waals surface area contributed by atoms with Crippen LogP contribution in [0.25, 0.3) is 11.4 Å². The highest BCUT2D eigenvalue weighted by Gasteiger charge is 2.22. The van der Waals surface area contributed by atoms with E-state index in [0.717, 1.165) is 5.56 Å². The number of likely N-dealkylation sites (N-methyl/N-ethyl adjacent to an activating group) is 1. The van der Waals surface area contributed by atoms with Gasteiger partial charge in [0.15, 0.2) is 5.82 Å². The third kappa shape index (κ3) is 3.44. The highest BCUT2D eigenvalue weighted by Crippen LogP contribution is 2.12. The number of hydrogen-bond acceptors (Lipinski definition) is 4. The molecule has 1 aromatic heterocycles. The zero-order valence-corrected chi connectivity index (χ0v) is 11.8. The van der Waals surface area contributed by atoms with Gasteiger partial charge in [0.05, 0.1) is 0 Å². The highest BCUT2D eigenvalue weighted by atomic mass is 16.4. The maximum absolute atomic E-state index is 12.0. The van der Waals surface area contributed by atoms with E-state index in [0.29, 0.717) is 5.82 Å². The average molecular weight is 288 g/mol. The first kappa shape index (κ1) is 14.7. The van der Waals surface area contributed by atoms with Crippen molar-refractivity contribution >= 4 is 11.9 Å². The van der Waals surface area contributed by atoms with Crippen LogP contribution in [0.3, 0.4) is 0 Å². The Bertz CT molecular complexity index is 639. The zero-order valence-electron chi connectivity index (χ0n) is 11.8. The first-order valence-corrected chi connectivity index (χ1v) is 6.42. The molecule has 0 fully saturated rings. The van der Waals surface area contributed by atoms with Crippen molar-refractivity contribution in [1.82, 2.24) is 19.7 Å². The number of hydrogen-bond donors (Lipinski definition) is 1. The normalized spacial score (nSPS) is 11.9. The van der Waals surface area contributed by atoms with Crippen molar-refractivity contribution in [2.24, 2.45) is 0 Å². The molecule has 0 bridgehead atoms. The van der Waals surface area contributed by atoms with Crippen LogP contribution in [-0.4, -0.2) is 49.7 Å². The second-order valence-electron chi connectivity index (χ2n) is 4.65. The summed E-state index contributed by atoms with van der Waals surface area (Å²) < 4.78 is 1.40. The molecule has 1 atom stereocenters. The standard InChI is InChI=1S/C14H16N4O3/c1-10(14(20)21)17(2)12(19)8-18-9-15-13(16-18)11-6-4-3-5-7-11/h3-7,9-10H,8H2,1-2H3,(H,20,21). The van der Waals surface area contributed by atoms with E-state index in [4.69, 9.17) is 5.11 Å². The lowest BCUT2D eigenvalue weighted by molar-refractivity contribution is -0.148. The number of carbonyl (C=O) groups excluding carboxylic acids is 1. The summed E-state index contributed by atoms with van der Waals surface area (Å²) in [6, 6.07) is 8.52. The summed E-state index contributed by atoms with van der Waals surface area (Å²) in [5.41, 5.74) is 0.857. The monoisotopic (exact) mass is 288 g/mol. The van der Waals surface area contributed by atoms with Crippen LogP contribution in [-0.2, 0) is 16.1 Å². The van der Waals surface area contributed by atoms with E-state index >= 15 is 0 Å². The van der Waals surface area contributed by atoms with Crippen LogP contribution < -0.4 is 0 Å². The first-order valence-electron chi connectivity index (χ1n) is 6.42. The third-order valence-electron chi connectivity index (χ3n) is 3.20. The molecule has 110 valence electrons. The number of rotatable bonds is 5. The van der Waals surface area contributed by atoms with Gasteiger partial charge in [-0.25, -0.2) is 14.5 Å². The number of aliphatic carboxylic acids is 1. The average Bonchev–Trinajstić information content (AvgIpc) is 2.95. The Hall–Kier alpha value is -2.70. The van der Waals surface area contributed by atoms with Crippen molar-refractivity contribution in [3.05, 3.63) is 36.7 Å². The summed E-state index contributed by atoms with van der Waals surface area (Å²) in [6.45, 7) is 1.41. The molecule has 2 aromatic rings. The summed E-state index contributed by atoms with van der Waals surface area (Å²) in [6.07, 6.45) is 1.46. The van der Waals surface area contributed by atoms with Gasteiger partial charge >= 0.3 is 5.97 Å². The molecule has 0 aliphatic carbocycles. The lowest BCUT2D eigenvalue weighted by atomic mass is 10.2. The van der Waals surface area contributed by atoms with Crippen molar-refractivity contribution in [3.8, 4) is 11.4 Å². The second-order valence-corrected chi connectivity index (χ2v) is 4.65. The Balaban J connectivity index is 2.06. The van der Waals surface area contributed by atoms with Crippen LogP contribution in [0, 0.1) is 0 Å². The van der Waals surface area contributed by atoms with Crippen molar-refractivity contribution in [3.63, 3.8) is 0 Å². The first-order chi connectivity index (χ1) is 9.99. The van der Waals surface area contributed by atoms with Crippen molar-refractivity contribution < 1.29 is 14.7 Å². The Morgan fingerprint density at radius 1 is 1.33 bits per heavy atom. The van der Waals surface area contributed by atoms with Crippen LogP contribution in [0.2, 0.25) is 0 Å². The summed E-state index contributed by atoms with van der Waals surface area (Å²) in [7, 11) is 1.45. The largest absolute Gasteiger partial charge is 0.480 e. The molecular weight excluding hydrogens is 272 g/mol. The fourth-order valence-corrected chi connectivity index (χ4v) is 1.72. The van der Waals surface area contributed by atoms with Gasteiger partial charge in [0, 0.05) is 12.6 Å². The molecule has 21 heavy (non-hydrogen) atoms. The lowest BCUT2D eigenvalue weighted by Crippen LogP contribution is -2.41. The predicted molar refractivity (Wildman–Crippen MR) is 75.3 cm³/mol. The van der Waals surface area contributed by atoms with Gasteiger partial charge in [0.1, 0.15) is 18.9 Å². The summed E-state index contributed by atoms with van der Waals surface area (Å²) in [4.78, 5) is 28.2. The van der Waals surface area contributed by atoms with Gasteiger partial charge in [-0.05, 0) is 6.92 Å². The van der Waals surface area contributed by atoms with Crippen LogP contribution in [0.4, 0.5) is 0 Å². The van der Waals surface area contributed by atoms with Gasteiger partial charge in [-0.3, -0.25) is 4.79 Å². The zero-order chi connectivity index (χ0) is 15.4. The van der Waals surface area contributed by atoms with Crippen molar-refractivity contribution in [1.29, 1.82) is 0 Å². The molecule has 2 rings (SSSR count). The molecule has 1 N–H and O–H groups in total. The molecular formula is C14H16N4O3. The van der Waals surface area contributed by atoms with Gasteiger partial charge < -0.3 is 10.0 Å². The number of nitrogens with zero attached hydrogens (tertiary/aromatic N) is 4. The minimum atomic E-state index is -1.05. The molecule has 0 saturated carbocycles. The number of benzene rings is 1. The number of carbonyl (C=O) groups is 2. The van der Waals surface area contributed by atoms with Gasteiger partial charge in [-0.15, -0.1) is 0 Å². The Labute approximate surface area is 121 Å². The Morgan fingerprint density at radius 3 is 2.62 bits per heavy atom. The smallest absolute Gasteiger partial charge is 0.326 e. The topological polar surface area (TPSA) is 88.3 Å². The van der Waals surface area contributed by atoms with E-state index in [1.807, 2.05) is 30.3 Å². The van der Waals surface area contributed by atoms with Crippen LogP contribution in [0.5, 0.6) is 0 Å². The molecule has 0 radical (unpaired) electrons. The Morgan fingerprint density at radius 2 is 2.00 bits per heavy atom. The van der Waals surface area contributed by atoms with E-state index in [-0.39, 0.29) is 12.5 Å². The summed E-state index contributed by atoms with van der Waals surface area (Å²) >= 11 is 0. The molecule has 0 aliphatic rings. The predicted octanol–water partition coefficient (Wildman–Crippen LogP) is 0.877. The highest BCUT2D eigenvalue weighted by molar-refractivity contribution is 5.82. The summed E-state index contributed by atoms with van der Waals surface area (Å²) in [5, 5.41) is 13.1. The van der Waals surface area contributed by atoms with Crippen molar-refractivity contribution in [2.45, 2.75) is 19.5 Å². The maximum atomic E-state index is 12.0. The molecule has 0 aliphatic heterocycles. The van der Waals surface area contributed by atoms with E-state index < -0.39 is 12.0 Å². The van der Waals surface area contributed by atoms with Crippen LogP contribution in [0.15, 0.2) is 36.7 Å². The molecule has 1 heterocycles. The van der Waals surface area contributed by atoms with Crippen molar-refractivity contribution in [2.75, 3.05) is 7.05 Å². The van der Waals surface area contributed by atoms with Crippen LogP contribution in [0.1, 0.15) is 6.92 Å².